The van der Waals surface area contributed by atoms with Gasteiger partial charge < -0.3 is 9.47 Å². The second kappa shape index (κ2) is 9.01. The first-order chi connectivity index (χ1) is 8.76. The van der Waals surface area contributed by atoms with Gasteiger partial charge in [-0.3, -0.25) is 0 Å². The second-order valence-electron chi connectivity index (χ2n) is 4.21. The van der Waals surface area contributed by atoms with Crippen LogP contribution in [0.4, 0.5) is 0 Å². The Kier molecular flexibility index (Phi) is 7.54. The molecule has 0 fully saturated rings. The molecule has 100 valence electrons. The van der Waals surface area contributed by atoms with Gasteiger partial charge in [-0.15, -0.1) is 11.6 Å². The molecule has 0 heterocycles. The zero-order chi connectivity index (χ0) is 13.2. The maximum absolute atomic E-state index is 5.62. The fourth-order valence-corrected chi connectivity index (χ4v) is 1.86. The molecule has 0 radical (unpaired) electrons. The number of rotatable bonds is 8. The maximum Gasteiger partial charge on any atom is 0.118 e. The van der Waals surface area contributed by atoms with Crippen LogP contribution in [0.1, 0.15) is 25.3 Å². The lowest BCUT2D eigenvalue weighted by atomic mass is 10.1. The Morgan fingerprint density at radius 3 is 2.61 bits per heavy atom. The summed E-state index contributed by atoms with van der Waals surface area (Å²) in [6, 6.07) is 7.95. The van der Waals surface area contributed by atoms with Gasteiger partial charge in [0.25, 0.3) is 0 Å². The monoisotopic (exact) mass is 268 g/mol. The van der Waals surface area contributed by atoms with E-state index in [2.05, 4.69) is 6.92 Å². The molecule has 0 saturated heterocycles. The van der Waals surface area contributed by atoms with Crippen LogP contribution in [0, 0.1) is 0 Å². The zero-order valence-corrected chi connectivity index (χ0v) is 11.9. The minimum absolute atomic E-state index is 0.596. The third-order valence-electron chi connectivity index (χ3n) is 2.71. The summed E-state index contributed by atoms with van der Waals surface area (Å²) in [6.07, 6.45) is 4.13. The average Bonchev–Trinajstić information content (AvgIpc) is 2.39. The van der Waals surface area contributed by atoms with Crippen molar-refractivity contribution in [2.75, 3.05) is 19.6 Å². The first kappa shape index (κ1) is 15.1. The summed E-state index contributed by atoms with van der Waals surface area (Å²) in [5, 5.41) is 0. The van der Waals surface area contributed by atoms with Gasteiger partial charge in [0, 0.05) is 12.5 Å². The van der Waals surface area contributed by atoms with Crippen LogP contribution in [0.15, 0.2) is 35.9 Å². The van der Waals surface area contributed by atoms with Crippen LogP contribution in [-0.2, 0) is 11.3 Å². The molecule has 0 amide bonds. The van der Waals surface area contributed by atoms with Gasteiger partial charge in [0.1, 0.15) is 5.75 Å². The zero-order valence-electron chi connectivity index (χ0n) is 11.1. The highest BCUT2D eigenvalue weighted by atomic mass is 35.5. The van der Waals surface area contributed by atoms with Crippen molar-refractivity contribution >= 4 is 11.6 Å². The van der Waals surface area contributed by atoms with Gasteiger partial charge in [-0.1, -0.05) is 23.8 Å². The lowest BCUT2D eigenvalue weighted by molar-refractivity contribution is 0.118. The predicted octanol–water partition coefficient (Wildman–Crippen LogP) is 4.18. The smallest absolute Gasteiger partial charge is 0.118 e. The van der Waals surface area contributed by atoms with E-state index in [-0.39, 0.29) is 0 Å². The first-order valence-corrected chi connectivity index (χ1v) is 6.72. The predicted molar refractivity (Wildman–Crippen MR) is 76.4 cm³/mol. The third-order valence-corrected chi connectivity index (χ3v) is 2.87. The molecule has 1 rings (SSSR count). The molecule has 0 atom stereocenters. The van der Waals surface area contributed by atoms with E-state index < -0.39 is 0 Å². The second-order valence-corrected chi connectivity index (χ2v) is 4.52. The number of ether oxygens (including phenoxy) is 2. The number of allylic oxidation sites excluding steroid dienone is 2. The molecule has 0 N–H and O–H groups in total. The van der Waals surface area contributed by atoms with Crippen molar-refractivity contribution in [1.29, 1.82) is 0 Å². The summed E-state index contributed by atoms with van der Waals surface area (Å²) in [6.45, 7) is 3.54. The Bertz CT molecular complexity index is 357. The Labute approximate surface area is 115 Å². The third kappa shape index (κ3) is 6.08. The maximum atomic E-state index is 5.62. The van der Waals surface area contributed by atoms with Crippen LogP contribution in [0.25, 0.3) is 0 Å². The number of alkyl halides is 1. The van der Waals surface area contributed by atoms with Crippen molar-refractivity contribution in [2.45, 2.75) is 26.4 Å². The lowest BCUT2D eigenvalue weighted by Gasteiger charge is -2.06. The van der Waals surface area contributed by atoms with E-state index in [0.717, 1.165) is 25.2 Å². The van der Waals surface area contributed by atoms with Crippen molar-refractivity contribution in [2.24, 2.45) is 0 Å². The highest BCUT2D eigenvalue weighted by Crippen LogP contribution is 2.12. The highest BCUT2D eigenvalue weighted by Gasteiger charge is 1.96. The van der Waals surface area contributed by atoms with Gasteiger partial charge in [0.2, 0.25) is 0 Å². The number of benzene rings is 1. The lowest BCUT2D eigenvalue weighted by Crippen LogP contribution is -1.96. The molecule has 18 heavy (non-hydrogen) atoms. The van der Waals surface area contributed by atoms with E-state index in [1.165, 1.54) is 11.1 Å². The molecule has 1 aromatic rings. The van der Waals surface area contributed by atoms with Crippen molar-refractivity contribution in [1.82, 2.24) is 0 Å². The van der Waals surface area contributed by atoms with Crippen LogP contribution in [0.5, 0.6) is 5.75 Å². The van der Waals surface area contributed by atoms with E-state index >= 15 is 0 Å². The molecule has 0 aromatic heterocycles. The van der Waals surface area contributed by atoms with Crippen LogP contribution in [0.3, 0.4) is 0 Å². The molecule has 3 heteroatoms. The Balaban J connectivity index is 2.15. The molecule has 0 aliphatic heterocycles. The van der Waals surface area contributed by atoms with E-state index in [9.17, 15) is 0 Å². The largest absolute Gasteiger partial charge is 0.497 e. The minimum atomic E-state index is 0.596. The van der Waals surface area contributed by atoms with Crippen molar-refractivity contribution in [3.63, 3.8) is 0 Å². The quantitative estimate of drug-likeness (QED) is 0.400. The Morgan fingerprint density at radius 2 is 2.00 bits per heavy atom. The van der Waals surface area contributed by atoms with Gasteiger partial charge in [-0.25, -0.2) is 0 Å². The summed E-state index contributed by atoms with van der Waals surface area (Å²) in [4.78, 5) is 0. The number of hydrogen-bond donors (Lipinski definition) is 0. The van der Waals surface area contributed by atoms with E-state index in [1.807, 2.05) is 30.3 Å². The number of methoxy groups -OCH3 is 1. The van der Waals surface area contributed by atoms with Gasteiger partial charge in [0.05, 0.1) is 13.7 Å². The first-order valence-electron chi connectivity index (χ1n) is 6.18. The minimum Gasteiger partial charge on any atom is -0.497 e. The van der Waals surface area contributed by atoms with Gasteiger partial charge in [0.15, 0.2) is 0 Å². The summed E-state index contributed by atoms with van der Waals surface area (Å²) < 4.78 is 10.7. The number of halogens is 1. The summed E-state index contributed by atoms with van der Waals surface area (Å²) in [5.41, 5.74) is 2.50. The van der Waals surface area contributed by atoms with Crippen LogP contribution in [0.2, 0.25) is 0 Å². The van der Waals surface area contributed by atoms with E-state index in [4.69, 9.17) is 21.1 Å². The molecule has 0 unspecified atom stereocenters. The highest BCUT2D eigenvalue weighted by molar-refractivity contribution is 6.18. The van der Waals surface area contributed by atoms with E-state index in [0.29, 0.717) is 12.5 Å². The fourth-order valence-electron chi connectivity index (χ4n) is 1.60. The fraction of sp³-hybridized carbons (Fsp3) is 0.467. The van der Waals surface area contributed by atoms with Crippen LogP contribution in [-0.4, -0.2) is 19.6 Å². The van der Waals surface area contributed by atoms with Crippen molar-refractivity contribution in [3.05, 3.63) is 41.5 Å². The average molecular weight is 269 g/mol. The molecular weight excluding hydrogens is 248 g/mol. The van der Waals surface area contributed by atoms with Crippen LogP contribution < -0.4 is 4.74 Å². The molecule has 0 aliphatic rings. The van der Waals surface area contributed by atoms with Crippen LogP contribution >= 0.6 is 11.6 Å². The summed E-state index contributed by atoms with van der Waals surface area (Å²) in [7, 11) is 1.67. The number of hydrogen-bond acceptors (Lipinski definition) is 2. The molecule has 0 spiro atoms. The van der Waals surface area contributed by atoms with Gasteiger partial charge in [-0.05, 0) is 37.5 Å². The Hall–Kier alpha value is -0.990. The van der Waals surface area contributed by atoms with Crippen molar-refractivity contribution < 1.29 is 9.47 Å². The Morgan fingerprint density at radius 1 is 1.28 bits per heavy atom. The topological polar surface area (TPSA) is 18.5 Å². The molecule has 0 bridgehead atoms. The molecule has 2 nitrogen and oxygen atoms in total. The van der Waals surface area contributed by atoms with Gasteiger partial charge >= 0.3 is 0 Å². The van der Waals surface area contributed by atoms with Gasteiger partial charge in [-0.2, -0.15) is 0 Å². The molecular formula is C15H21ClO2. The summed E-state index contributed by atoms with van der Waals surface area (Å²) in [5.74, 6) is 1.47. The van der Waals surface area contributed by atoms with E-state index in [1.54, 1.807) is 7.11 Å². The standard InChI is InChI=1S/C15H21ClO2/c1-13(9-10-16)4-3-11-18-12-14-5-7-15(17-2)8-6-14/h5-9H,3-4,10-12H2,1-2H3/b13-9-. The molecule has 0 saturated carbocycles. The van der Waals surface area contributed by atoms with Crippen molar-refractivity contribution in [3.8, 4) is 5.75 Å². The normalized spacial score (nSPS) is 11.6. The SMILES string of the molecule is COc1ccc(COCCC/C(C)=C\CCl)cc1. The molecule has 1 aromatic carbocycles. The summed E-state index contributed by atoms with van der Waals surface area (Å²) >= 11 is 5.62. The molecule has 0 aliphatic carbocycles.